The molecule has 2 atom stereocenters. The first kappa shape index (κ1) is 10.9. The second-order valence-electron chi connectivity index (χ2n) is 3.24. The van der Waals surface area contributed by atoms with E-state index in [1.54, 1.807) is 0 Å². The summed E-state index contributed by atoms with van der Waals surface area (Å²) in [4.78, 5) is 2.09. The van der Waals surface area contributed by atoms with Gasteiger partial charge in [0.15, 0.2) is 0 Å². The first-order valence-electron chi connectivity index (χ1n) is 4.06. The van der Waals surface area contributed by atoms with Gasteiger partial charge < -0.3 is 15.4 Å². The molecule has 3 nitrogen and oxygen atoms in total. The monoisotopic (exact) mass is 160 g/mol. The molecule has 2 N–H and O–H groups in total. The van der Waals surface area contributed by atoms with Crippen molar-refractivity contribution in [1.82, 2.24) is 4.90 Å². The summed E-state index contributed by atoms with van der Waals surface area (Å²) in [6.07, 6.45) is 0.162. The van der Waals surface area contributed by atoms with E-state index in [1.165, 1.54) is 0 Å². The number of likely N-dealkylation sites (N-methyl/N-ethyl adjacent to an activating group) is 1. The lowest BCUT2D eigenvalue weighted by atomic mass is 10.2. The van der Waals surface area contributed by atoms with Crippen LogP contribution < -0.4 is 5.73 Å². The molecule has 0 aromatic carbocycles. The number of ether oxygens (including phenoxy) is 1. The first-order valence-corrected chi connectivity index (χ1v) is 4.06. The van der Waals surface area contributed by atoms with Crippen LogP contribution in [0.15, 0.2) is 0 Å². The van der Waals surface area contributed by atoms with Crippen molar-refractivity contribution in [1.29, 1.82) is 0 Å². The maximum absolute atomic E-state index is 5.61. The molecule has 0 fully saturated rings. The van der Waals surface area contributed by atoms with Gasteiger partial charge >= 0.3 is 0 Å². The number of nitrogens with zero attached hydrogens (tertiary/aromatic N) is 1. The molecule has 68 valence electrons. The minimum Gasteiger partial charge on any atom is -0.376 e. The highest BCUT2D eigenvalue weighted by molar-refractivity contribution is 4.62. The van der Waals surface area contributed by atoms with Crippen molar-refractivity contribution < 1.29 is 4.74 Å². The van der Waals surface area contributed by atoms with Crippen LogP contribution in [-0.4, -0.2) is 44.3 Å². The van der Waals surface area contributed by atoms with Gasteiger partial charge in [-0.1, -0.05) is 0 Å². The Balaban J connectivity index is 3.24. The Hall–Kier alpha value is -0.120. The van der Waals surface area contributed by atoms with E-state index in [4.69, 9.17) is 10.5 Å². The summed E-state index contributed by atoms with van der Waals surface area (Å²) in [7, 11) is 4.06. The number of hydrogen-bond donors (Lipinski definition) is 1. The second-order valence-corrected chi connectivity index (χ2v) is 3.24. The first-order chi connectivity index (χ1) is 5.04. The van der Waals surface area contributed by atoms with E-state index in [0.717, 1.165) is 13.2 Å². The Kier molecular flexibility index (Phi) is 5.46. The van der Waals surface area contributed by atoms with Gasteiger partial charge in [0.05, 0.1) is 12.7 Å². The zero-order valence-corrected chi connectivity index (χ0v) is 8.00. The molecule has 0 aromatic rings. The van der Waals surface area contributed by atoms with Gasteiger partial charge in [-0.2, -0.15) is 0 Å². The van der Waals surface area contributed by atoms with Gasteiger partial charge in [0.2, 0.25) is 0 Å². The minimum atomic E-state index is 0.122. The van der Waals surface area contributed by atoms with Gasteiger partial charge in [-0.05, 0) is 27.9 Å². The second kappa shape index (κ2) is 5.52. The maximum atomic E-state index is 5.61. The van der Waals surface area contributed by atoms with Crippen LogP contribution in [0.4, 0.5) is 0 Å². The molecule has 0 aromatic heterocycles. The lowest BCUT2D eigenvalue weighted by Crippen LogP contribution is -2.33. The van der Waals surface area contributed by atoms with Gasteiger partial charge in [0.1, 0.15) is 0 Å². The van der Waals surface area contributed by atoms with E-state index in [1.807, 2.05) is 27.9 Å². The van der Waals surface area contributed by atoms with Crippen molar-refractivity contribution in [3.05, 3.63) is 0 Å². The van der Waals surface area contributed by atoms with E-state index in [0.29, 0.717) is 0 Å². The zero-order chi connectivity index (χ0) is 8.85. The Morgan fingerprint density at radius 3 is 2.27 bits per heavy atom. The summed E-state index contributed by atoms with van der Waals surface area (Å²) in [6, 6.07) is 0.122. The van der Waals surface area contributed by atoms with Crippen LogP contribution in [0, 0.1) is 0 Å². The van der Waals surface area contributed by atoms with Crippen LogP contribution >= 0.6 is 0 Å². The fourth-order valence-corrected chi connectivity index (χ4v) is 0.573. The van der Waals surface area contributed by atoms with E-state index < -0.39 is 0 Å². The SMILES string of the molecule is CC(N)[C@@H](C)OCCN(C)C. The summed E-state index contributed by atoms with van der Waals surface area (Å²) in [5.41, 5.74) is 5.61. The molecule has 0 saturated heterocycles. The van der Waals surface area contributed by atoms with Crippen LogP contribution in [0.2, 0.25) is 0 Å². The van der Waals surface area contributed by atoms with Crippen LogP contribution in [0.25, 0.3) is 0 Å². The average molecular weight is 160 g/mol. The topological polar surface area (TPSA) is 38.5 Å². The molecule has 0 radical (unpaired) electrons. The van der Waals surface area contributed by atoms with E-state index >= 15 is 0 Å². The predicted octanol–water partition coefficient (Wildman–Crippen LogP) is 0.300. The third-order valence-corrected chi connectivity index (χ3v) is 1.66. The average Bonchev–Trinajstić information content (AvgIpc) is 1.86. The fourth-order valence-electron chi connectivity index (χ4n) is 0.573. The van der Waals surface area contributed by atoms with Crippen LogP contribution in [-0.2, 0) is 4.74 Å². The molecule has 0 saturated carbocycles. The Morgan fingerprint density at radius 1 is 1.36 bits per heavy atom. The molecule has 11 heavy (non-hydrogen) atoms. The molecule has 1 unspecified atom stereocenters. The molecule has 0 heterocycles. The summed E-state index contributed by atoms with van der Waals surface area (Å²) in [5, 5.41) is 0. The largest absolute Gasteiger partial charge is 0.376 e. The van der Waals surface area contributed by atoms with Crippen molar-refractivity contribution in [2.45, 2.75) is 26.0 Å². The third-order valence-electron chi connectivity index (χ3n) is 1.66. The summed E-state index contributed by atoms with van der Waals surface area (Å²) >= 11 is 0. The van der Waals surface area contributed by atoms with Crippen molar-refractivity contribution in [2.75, 3.05) is 27.2 Å². The van der Waals surface area contributed by atoms with Crippen molar-refractivity contribution in [3.63, 3.8) is 0 Å². The van der Waals surface area contributed by atoms with Crippen molar-refractivity contribution in [3.8, 4) is 0 Å². The summed E-state index contributed by atoms with van der Waals surface area (Å²) < 4.78 is 5.45. The Bertz CT molecular complexity index is 94.1. The molecule has 0 aliphatic carbocycles. The molecule has 0 rings (SSSR count). The lowest BCUT2D eigenvalue weighted by Gasteiger charge is -2.18. The molecule has 0 spiro atoms. The maximum Gasteiger partial charge on any atom is 0.0695 e. The zero-order valence-electron chi connectivity index (χ0n) is 8.00. The quantitative estimate of drug-likeness (QED) is 0.628. The highest BCUT2D eigenvalue weighted by Crippen LogP contribution is 1.94. The van der Waals surface area contributed by atoms with E-state index in [9.17, 15) is 0 Å². The standard InChI is InChI=1S/C8H20N2O/c1-7(9)8(2)11-6-5-10(3)4/h7-8H,5-6,9H2,1-4H3/t7?,8-/m1/s1. The van der Waals surface area contributed by atoms with Crippen LogP contribution in [0.3, 0.4) is 0 Å². The van der Waals surface area contributed by atoms with Crippen molar-refractivity contribution >= 4 is 0 Å². The van der Waals surface area contributed by atoms with Crippen molar-refractivity contribution in [2.24, 2.45) is 5.73 Å². The Labute approximate surface area is 69.5 Å². The Morgan fingerprint density at radius 2 is 1.91 bits per heavy atom. The molecule has 3 heteroatoms. The molecule has 0 amide bonds. The molecule has 0 aliphatic rings. The molecule has 0 bridgehead atoms. The van der Waals surface area contributed by atoms with Gasteiger partial charge in [0, 0.05) is 12.6 Å². The van der Waals surface area contributed by atoms with E-state index in [2.05, 4.69) is 4.90 Å². The molecule has 0 aliphatic heterocycles. The highest BCUT2D eigenvalue weighted by Gasteiger charge is 2.06. The van der Waals surface area contributed by atoms with Gasteiger partial charge in [-0.3, -0.25) is 0 Å². The van der Waals surface area contributed by atoms with Gasteiger partial charge in [-0.25, -0.2) is 0 Å². The van der Waals surface area contributed by atoms with Gasteiger partial charge in [0.25, 0.3) is 0 Å². The number of nitrogens with two attached hydrogens (primary N) is 1. The molecular formula is C8H20N2O. The van der Waals surface area contributed by atoms with Crippen LogP contribution in [0.5, 0.6) is 0 Å². The number of rotatable bonds is 5. The molecular weight excluding hydrogens is 140 g/mol. The predicted molar refractivity (Wildman–Crippen MR) is 47.6 cm³/mol. The number of hydrogen-bond acceptors (Lipinski definition) is 3. The summed E-state index contributed by atoms with van der Waals surface area (Å²) in [6.45, 7) is 5.67. The fraction of sp³-hybridized carbons (Fsp3) is 1.00. The van der Waals surface area contributed by atoms with Gasteiger partial charge in [-0.15, -0.1) is 0 Å². The third kappa shape index (κ3) is 6.28. The lowest BCUT2D eigenvalue weighted by molar-refractivity contribution is 0.0434. The summed E-state index contributed by atoms with van der Waals surface area (Å²) in [5.74, 6) is 0. The highest BCUT2D eigenvalue weighted by atomic mass is 16.5. The van der Waals surface area contributed by atoms with Crippen LogP contribution in [0.1, 0.15) is 13.8 Å². The smallest absolute Gasteiger partial charge is 0.0695 e. The minimum absolute atomic E-state index is 0.122. The van der Waals surface area contributed by atoms with E-state index in [-0.39, 0.29) is 12.1 Å². The normalized spacial score (nSPS) is 16.9.